The van der Waals surface area contributed by atoms with Gasteiger partial charge in [-0.05, 0) is 60.2 Å². The molecule has 4 bridgehead atoms. The van der Waals surface area contributed by atoms with Crippen LogP contribution in [0.25, 0.3) is 0 Å². The number of hydrogen-bond donors (Lipinski definition) is 1. The lowest BCUT2D eigenvalue weighted by Crippen LogP contribution is -2.58. The summed E-state index contributed by atoms with van der Waals surface area (Å²) in [5, 5.41) is 10.7. The van der Waals surface area contributed by atoms with Gasteiger partial charge < -0.3 is 5.11 Å². The smallest absolute Gasteiger partial charge is 0.0627 e. The van der Waals surface area contributed by atoms with E-state index in [1.165, 1.54) is 25.7 Å². The molecule has 4 rings (SSSR count). The van der Waals surface area contributed by atoms with Crippen molar-refractivity contribution in [2.45, 2.75) is 59.5 Å². The van der Waals surface area contributed by atoms with Crippen LogP contribution in [-0.2, 0) is 0 Å². The number of hydrogen-bond acceptors (Lipinski definition) is 1. The third kappa shape index (κ3) is 1.11. The molecular formula is C15H26O. The highest BCUT2D eigenvalue weighted by Crippen LogP contribution is 2.70. The van der Waals surface area contributed by atoms with Crippen LogP contribution in [0, 0.1) is 34.5 Å². The van der Waals surface area contributed by atoms with Crippen LogP contribution in [-0.4, -0.2) is 11.2 Å². The largest absolute Gasteiger partial charge is 0.392 e. The minimum Gasteiger partial charge on any atom is -0.392 e. The van der Waals surface area contributed by atoms with Crippen LogP contribution >= 0.6 is 0 Å². The maximum atomic E-state index is 10.7. The molecule has 0 aromatic carbocycles. The van der Waals surface area contributed by atoms with Crippen molar-refractivity contribution in [3.8, 4) is 0 Å². The van der Waals surface area contributed by atoms with E-state index in [-0.39, 0.29) is 11.5 Å². The molecule has 0 heterocycles. The topological polar surface area (TPSA) is 20.2 Å². The Morgan fingerprint density at radius 3 is 2.50 bits per heavy atom. The van der Waals surface area contributed by atoms with E-state index in [1.807, 2.05) is 0 Å². The molecule has 1 heteroatoms. The molecule has 0 aliphatic heterocycles. The SMILES string of the molecule is CC(C)[C@@H]1C[C@H]2[C@]3(C)CC[C@@]2(C)[C@H](O)[C@H]1C3. The zero-order valence-corrected chi connectivity index (χ0v) is 11.2. The Labute approximate surface area is 99.6 Å². The number of fused-ring (bicyclic) bond motifs is 1. The lowest BCUT2D eigenvalue weighted by atomic mass is 9.46. The van der Waals surface area contributed by atoms with Gasteiger partial charge in [0.25, 0.3) is 0 Å². The van der Waals surface area contributed by atoms with E-state index < -0.39 is 0 Å². The highest BCUT2D eigenvalue weighted by atomic mass is 16.3. The quantitative estimate of drug-likeness (QED) is 0.720. The van der Waals surface area contributed by atoms with E-state index >= 15 is 0 Å². The fraction of sp³-hybridized carbons (Fsp3) is 1.00. The Kier molecular flexibility index (Phi) is 2.11. The predicted molar refractivity (Wildman–Crippen MR) is 66.0 cm³/mol. The number of aliphatic hydroxyl groups excluding tert-OH is 1. The van der Waals surface area contributed by atoms with Crippen molar-refractivity contribution in [1.29, 1.82) is 0 Å². The van der Waals surface area contributed by atoms with Gasteiger partial charge in [0, 0.05) is 0 Å². The lowest BCUT2D eigenvalue weighted by Gasteiger charge is -2.60. The van der Waals surface area contributed by atoms with Crippen LogP contribution in [0.4, 0.5) is 0 Å². The molecule has 1 N–H and O–H groups in total. The summed E-state index contributed by atoms with van der Waals surface area (Å²) in [6.45, 7) is 9.52. The van der Waals surface area contributed by atoms with Gasteiger partial charge in [0.05, 0.1) is 6.10 Å². The normalized spacial score (nSPS) is 59.6. The fourth-order valence-corrected chi connectivity index (χ4v) is 5.59. The van der Waals surface area contributed by atoms with Crippen molar-refractivity contribution in [1.82, 2.24) is 0 Å². The summed E-state index contributed by atoms with van der Waals surface area (Å²) < 4.78 is 0. The average Bonchev–Trinajstić information content (AvgIpc) is 2.44. The van der Waals surface area contributed by atoms with Crippen LogP contribution < -0.4 is 0 Å². The first kappa shape index (κ1) is 11.1. The molecule has 6 atom stereocenters. The Balaban J connectivity index is 1.99. The molecule has 16 heavy (non-hydrogen) atoms. The summed E-state index contributed by atoms with van der Waals surface area (Å²) in [5.41, 5.74) is 0.813. The Hall–Kier alpha value is -0.0400. The summed E-state index contributed by atoms with van der Waals surface area (Å²) in [5.74, 6) is 2.89. The van der Waals surface area contributed by atoms with Gasteiger partial charge in [0.2, 0.25) is 0 Å². The van der Waals surface area contributed by atoms with E-state index in [9.17, 15) is 5.11 Å². The predicted octanol–water partition coefficient (Wildman–Crippen LogP) is 3.47. The summed E-state index contributed by atoms with van der Waals surface area (Å²) in [7, 11) is 0. The van der Waals surface area contributed by atoms with Gasteiger partial charge in [-0.3, -0.25) is 0 Å². The van der Waals surface area contributed by atoms with Crippen molar-refractivity contribution >= 4 is 0 Å². The van der Waals surface area contributed by atoms with Crippen molar-refractivity contribution in [3.05, 3.63) is 0 Å². The summed E-state index contributed by atoms with van der Waals surface area (Å²) >= 11 is 0. The Morgan fingerprint density at radius 2 is 1.88 bits per heavy atom. The van der Waals surface area contributed by atoms with Gasteiger partial charge in [-0.2, -0.15) is 0 Å². The number of rotatable bonds is 1. The molecule has 4 fully saturated rings. The molecule has 0 spiro atoms. The molecule has 92 valence electrons. The second-order valence-corrected chi connectivity index (χ2v) is 7.67. The summed E-state index contributed by atoms with van der Waals surface area (Å²) in [4.78, 5) is 0. The van der Waals surface area contributed by atoms with Gasteiger partial charge in [0.1, 0.15) is 0 Å². The molecule has 4 aliphatic carbocycles. The van der Waals surface area contributed by atoms with Gasteiger partial charge in [-0.25, -0.2) is 0 Å². The molecule has 4 saturated carbocycles. The van der Waals surface area contributed by atoms with Gasteiger partial charge in [0.15, 0.2) is 0 Å². The fourth-order valence-electron chi connectivity index (χ4n) is 5.59. The average molecular weight is 222 g/mol. The number of aliphatic hydroxyl groups is 1. The molecule has 1 nitrogen and oxygen atoms in total. The monoisotopic (exact) mass is 222 g/mol. The molecule has 0 aromatic rings. The van der Waals surface area contributed by atoms with Gasteiger partial charge >= 0.3 is 0 Å². The third-order valence-electron chi connectivity index (χ3n) is 6.57. The van der Waals surface area contributed by atoms with E-state index in [1.54, 1.807) is 0 Å². The van der Waals surface area contributed by atoms with Crippen molar-refractivity contribution in [2.75, 3.05) is 0 Å². The van der Waals surface area contributed by atoms with Crippen molar-refractivity contribution < 1.29 is 5.11 Å². The second-order valence-electron chi connectivity index (χ2n) is 7.67. The van der Waals surface area contributed by atoms with Crippen LogP contribution in [0.1, 0.15) is 53.4 Å². The van der Waals surface area contributed by atoms with Crippen molar-refractivity contribution in [3.63, 3.8) is 0 Å². The van der Waals surface area contributed by atoms with Crippen LogP contribution in [0.3, 0.4) is 0 Å². The molecule has 4 aliphatic rings. The van der Waals surface area contributed by atoms with E-state index in [4.69, 9.17) is 0 Å². The summed E-state index contributed by atoms with van der Waals surface area (Å²) in [6.07, 6.45) is 5.27. The minimum absolute atomic E-state index is 0.0192. The zero-order chi connectivity index (χ0) is 11.7. The van der Waals surface area contributed by atoms with Crippen LogP contribution in [0.2, 0.25) is 0 Å². The Morgan fingerprint density at radius 1 is 1.19 bits per heavy atom. The van der Waals surface area contributed by atoms with E-state index in [2.05, 4.69) is 27.7 Å². The third-order valence-corrected chi connectivity index (χ3v) is 6.57. The van der Waals surface area contributed by atoms with Gasteiger partial charge in [-0.15, -0.1) is 0 Å². The second kappa shape index (κ2) is 3.04. The molecular weight excluding hydrogens is 196 g/mol. The highest BCUT2D eigenvalue weighted by Gasteiger charge is 2.66. The zero-order valence-electron chi connectivity index (χ0n) is 11.2. The van der Waals surface area contributed by atoms with Crippen molar-refractivity contribution in [2.24, 2.45) is 34.5 Å². The standard InChI is InChI=1S/C15H26O/c1-9(2)10-7-12-14(3)5-6-15(12,4)13(16)11(10)8-14/h9-13,16H,5-8H2,1-4H3/t10-,11-,12-,13+,14+,15+/m0/s1. The van der Waals surface area contributed by atoms with E-state index in [0.29, 0.717) is 11.3 Å². The first-order valence-corrected chi connectivity index (χ1v) is 7.06. The highest BCUT2D eigenvalue weighted by molar-refractivity contribution is 5.15. The molecule has 0 saturated heterocycles. The lowest BCUT2D eigenvalue weighted by molar-refractivity contribution is -0.171. The summed E-state index contributed by atoms with van der Waals surface area (Å²) in [6, 6.07) is 0. The Bertz CT molecular complexity index is 311. The van der Waals surface area contributed by atoms with Crippen LogP contribution in [0.5, 0.6) is 0 Å². The maximum Gasteiger partial charge on any atom is 0.0627 e. The molecule has 0 amide bonds. The van der Waals surface area contributed by atoms with E-state index in [0.717, 1.165) is 17.8 Å². The van der Waals surface area contributed by atoms with Gasteiger partial charge in [-0.1, -0.05) is 27.7 Å². The maximum absolute atomic E-state index is 10.7. The minimum atomic E-state index is -0.0192. The molecule has 0 aromatic heterocycles. The molecule has 0 unspecified atom stereocenters. The first-order chi connectivity index (χ1) is 7.38. The first-order valence-electron chi connectivity index (χ1n) is 7.06. The van der Waals surface area contributed by atoms with Crippen LogP contribution in [0.15, 0.2) is 0 Å². The molecule has 0 radical (unpaired) electrons.